The van der Waals surface area contributed by atoms with Gasteiger partial charge in [-0.2, -0.15) is 18.3 Å². The molecule has 1 N–H and O–H groups in total. The Morgan fingerprint density at radius 2 is 2.11 bits per heavy atom. The van der Waals surface area contributed by atoms with E-state index in [1.54, 1.807) is 13.0 Å². The molecule has 2 rings (SSSR count). The summed E-state index contributed by atoms with van der Waals surface area (Å²) < 4.78 is 37.7. The fourth-order valence-corrected chi connectivity index (χ4v) is 1.72. The van der Waals surface area contributed by atoms with Crippen molar-refractivity contribution < 1.29 is 18.0 Å². The monoisotopic (exact) mass is 256 g/mol. The number of benzene rings is 1. The van der Waals surface area contributed by atoms with Crippen molar-refractivity contribution >= 4 is 11.6 Å². The molecule has 3 nitrogen and oxygen atoms in total. The number of hydrogen-bond acceptors (Lipinski definition) is 2. The molecule has 1 aliphatic heterocycles. The summed E-state index contributed by atoms with van der Waals surface area (Å²) in [6, 6.07) is 4.94. The van der Waals surface area contributed by atoms with E-state index in [0.717, 1.165) is 12.1 Å². The van der Waals surface area contributed by atoms with Crippen molar-refractivity contribution in [2.45, 2.75) is 19.5 Å². The average molecular weight is 256 g/mol. The highest BCUT2D eigenvalue weighted by Gasteiger charge is 2.31. The highest BCUT2D eigenvalue weighted by molar-refractivity contribution is 6.04. The van der Waals surface area contributed by atoms with E-state index >= 15 is 0 Å². The van der Waals surface area contributed by atoms with Crippen LogP contribution in [0.15, 0.2) is 29.4 Å². The van der Waals surface area contributed by atoms with E-state index in [-0.39, 0.29) is 11.8 Å². The Balaban J connectivity index is 2.32. The maximum absolute atomic E-state index is 12.6. The summed E-state index contributed by atoms with van der Waals surface area (Å²) in [5.41, 5.74) is 2.44. The number of nitrogens with one attached hydrogen (secondary N) is 1. The van der Waals surface area contributed by atoms with Gasteiger partial charge in [0.05, 0.1) is 11.3 Å². The van der Waals surface area contributed by atoms with Gasteiger partial charge in [0, 0.05) is 12.3 Å². The number of hydrazone groups is 1. The molecule has 6 heteroatoms. The van der Waals surface area contributed by atoms with Gasteiger partial charge < -0.3 is 0 Å². The molecule has 0 bridgehead atoms. The van der Waals surface area contributed by atoms with Gasteiger partial charge in [0.15, 0.2) is 0 Å². The van der Waals surface area contributed by atoms with Crippen LogP contribution in [0.2, 0.25) is 0 Å². The van der Waals surface area contributed by atoms with Crippen LogP contribution in [0.4, 0.5) is 13.2 Å². The van der Waals surface area contributed by atoms with Gasteiger partial charge >= 0.3 is 6.18 Å². The largest absolute Gasteiger partial charge is 0.416 e. The third-order valence-corrected chi connectivity index (χ3v) is 2.77. The minimum Gasteiger partial charge on any atom is -0.273 e. The van der Waals surface area contributed by atoms with Gasteiger partial charge in [0.25, 0.3) is 0 Å². The van der Waals surface area contributed by atoms with Gasteiger partial charge in [-0.1, -0.05) is 19.1 Å². The van der Waals surface area contributed by atoms with Crippen LogP contribution < -0.4 is 5.43 Å². The molecular weight excluding hydrogens is 245 g/mol. The molecule has 0 saturated heterocycles. The van der Waals surface area contributed by atoms with Crippen molar-refractivity contribution in [3.05, 3.63) is 35.4 Å². The standard InChI is InChI=1S/C12H11F3N2O/c1-7-5-10(16-17-11(7)18)8-3-2-4-9(6-8)12(13,14)15/h2-4,6-7H,5H2,1H3,(H,17,18). The first kappa shape index (κ1) is 12.6. The molecule has 0 aromatic heterocycles. The summed E-state index contributed by atoms with van der Waals surface area (Å²) in [4.78, 5) is 11.2. The zero-order valence-corrected chi connectivity index (χ0v) is 9.58. The summed E-state index contributed by atoms with van der Waals surface area (Å²) in [7, 11) is 0. The Labute approximate surface area is 102 Å². The lowest BCUT2D eigenvalue weighted by atomic mass is 9.96. The van der Waals surface area contributed by atoms with E-state index in [1.807, 2.05) is 0 Å². The Morgan fingerprint density at radius 3 is 2.72 bits per heavy atom. The number of halogens is 3. The molecule has 0 saturated carbocycles. The first-order valence-corrected chi connectivity index (χ1v) is 5.42. The molecular formula is C12H11F3N2O. The Morgan fingerprint density at radius 1 is 1.39 bits per heavy atom. The van der Waals surface area contributed by atoms with Crippen molar-refractivity contribution in [1.82, 2.24) is 5.43 Å². The molecule has 18 heavy (non-hydrogen) atoms. The lowest BCUT2D eigenvalue weighted by Crippen LogP contribution is -2.33. The van der Waals surface area contributed by atoms with Crippen LogP contribution in [0, 0.1) is 5.92 Å². The maximum Gasteiger partial charge on any atom is 0.416 e. The Hall–Kier alpha value is -1.85. The number of nitrogens with zero attached hydrogens (tertiary/aromatic N) is 1. The summed E-state index contributed by atoms with van der Waals surface area (Å²) in [6.07, 6.45) is -4.03. The number of amides is 1. The molecule has 1 heterocycles. The topological polar surface area (TPSA) is 41.5 Å². The van der Waals surface area contributed by atoms with E-state index in [2.05, 4.69) is 10.5 Å². The van der Waals surface area contributed by atoms with Gasteiger partial charge in [-0.3, -0.25) is 4.79 Å². The van der Waals surface area contributed by atoms with Crippen molar-refractivity contribution in [1.29, 1.82) is 0 Å². The van der Waals surface area contributed by atoms with Crippen LogP contribution in [0.25, 0.3) is 0 Å². The number of alkyl halides is 3. The number of carbonyl (C=O) groups is 1. The van der Waals surface area contributed by atoms with Crippen molar-refractivity contribution in [3.8, 4) is 0 Å². The second-order valence-corrected chi connectivity index (χ2v) is 4.22. The van der Waals surface area contributed by atoms with E-state index in [1.165, 1.54) is 6.07 Å². The van der Waals surface area contributed by atoms with Crippen molar-refractivity contribution in [2.24, 2.45) is 11.0 Å². The van der Waals surface area contributed by atoms with Crippen LogP contribution in [0.5, 0.6) is 0 Å². The fourth-order valence-electron chi connectivity index (χ4n) is 1.72. The van der Waals surface area contributed by atoms with E-state index in [0.29, 0.717) is 17.7 Å². The van der Waals surface area contributed by atoms with Gasteiger partial charge in [0.1, 0.15) is 0 Å². The predicted molar refractivity (Wildman–Crippen MR) is 59.9 cm³/mol. The average Bonchev–Trinajstić information content (AvgIpc) is 2.32. The van der Waals surface area contributed by atoms with Gasteiger partial charge in [0.2, 0.25) is 5.91 Å². The van der Waals surface area contributed by atoms with Crippen LogP contribution in [0.1, 0.15) is 24.5 Å². The summed E-state index contributed by atoms with van der Waals surface area (Å²) in [5.74, 6) is -0.502. The first-order chi connectivity index (χ1) is 8.38. The van der Waals surface area contributed by atoms with E-state index < -0.39 is 11.7 Å². The number of hydrogen-bond donors (Lipinski definition) is 1. The molecule has 1 atom stereocenters. The second kappa shape index (κ2) is 4.44. The minimum atomic E-state index is -4.37. The smallest absolute Gasteiger partial charge is 0.273 e. The van der Waals surface area contributed by atoms with E-state index in [4.69, 9.17) is 0 Å². The van der Waals surface area contributed by atoms with Crippen LogP contribution in [-0.2, 0) is 11.0 Å². The third-order valence-electron chi connectivity index (χ3n) is 2.77. The van der Waals surface area contributed by atoms with Gasteiger partial charge in [-0.05, 0) is 17.7 Å². The predicted octanol–water partition coefficient (Wildman–Crippen LogP) is 2.57. The molecule has 0 spiro atoms. The number of rotatable bonds is 1. The van der Waals surface area contributed by atoms with Crippen LogP contribution in [-0.4, -0.2) is 11.6 Å². The Bertz CT molecular complexity index is 508. The lowest BCUT2D eigenvalue weighted by Gasteiger charge is -2.18. The molecule has 1 aliphatic rings. The maximum atomic E-state index is 12.6. The summed E-state index contributed by atoms with van der Waals surface area (Å²) >= 11 is 0. The van der Waals surface area contributed by atoms with E-state index in [9.17, 15) is 18.0 Å². The summed E-state index contributed by atoms with van der Waals surface area (Å²) in [5, 5.41) is 3.80. The van der Waals surface area contributed by atoms with Crippen LogP contribution in [0.3, 0.4) is 0 Å². The van der Waals surface area contributed by atoms with Gasteiger partial charge in [-0.15, -0.1) is 0 Å². The first-order valence-electron chi connectivity index (χ1n) is 5.42. The van der Waals surface area contributed by atoms with Crippen molar-refractivity contribution in [2.75, 3.05) is 0 Å². The van der Waals surface area contributed by atoms with Crippen LogP contribution >= 0.6 is 0 Å². The normalized spacial score (nSPS) is 20.3. The highest BCUT2D eigenvalue weighted by Crippen LogP contribution is 2.30. The summed E-state index contributed by atoms with van der Waals surface area (Å²) in [6.45, 7) is 1.71. The quantitative estimate of drug-likeness (QED) is 0.824. The molecule has 1 amide bonds. The molecule has 1 aromatic carbocycles. The molecule has 0 fully saturated rings. The SMILES string of the molecule is CC1CC(c2cccc(C(F)(F)F)c2)=NNC1=O. The molecule has 1 unspecified atom stereocenters. The molecule has 96 valence electrons. The zero-order chi connectivity index (χ0) is 13.3. The molecule has 0 radical (unpaired) electrons. The second-order valence-electron chi connectivity index (χ2n) is 4.22. The molecule has 0 aliphatic carbocycles. The molecule has 1 aromatic rings. The lowest BCUT2D eigenvalue weighted by molar-refractivity contribution is -0.137. The van der Waals surface area contributed by atoms with Gasteiger partial charge in [-0.25, -0.2) is 5.43 Å². The minimum absolute atomic E-state index is 0.217. The number of carbonyl (C=O) groups excluding carboxylic acids is 1. The highest BCUT2D eigenvalue weighted by atomic mass is 19.4. The zero-order valence-electron chi connectivity index (χ0n) is 9.58. The van der Waals surface area contributed by atoms with Crippen molar-refractivity contribution in [3.63, 3.8) is 0 Å². The Kier molecular flexibility index (Phi) is 3.11. The third kappa shape index (κ3) is 2.52. The fraction of sp³-hybridized carbons (Fsp3) is 0.333.